The summed E-state index contributed by atoms with van der Waals surface area (Å²) in [7, 11) is 0. The molecular weight excluding hydrogens is 174 g/mol. The van der Waals surface area contributed by atoms with Gasteiger partial charge in [-0.25, -0.2) is 0 Å². The lowest BCUT2D eigenvalue weighted by atomic mass is 10.2. The monoisotopic (exact) mass is 193 g/mol. The second kappa shape index (κ2) is 4.13. The number of nitrogens with zero attached hydrogens (tertiary/aromatic N) is 2. The summed E-state index contributed by atoms with van der Waals surface area (Å²) >= 11 is 0. The topological polar surface area (TPSA) is 29.9 Å². The predicted molar refractivity (Wildman–Crippen MR) is 57.2 cm³/mol. The van der Waals surface area contributed by atoms with Gasteiger partial charge in [0.05, 0.1) is 0 Å². The van der Waals surface area contributed by atoms with E-state index in [4.69, 9.17) is 0 Å². The van der Waals surface area contributed by atoms with Crippen molar-refractivity contribution in [1.82, 2.24) is 15.1 Å². The number of aryl methyl sites for hydroxylation is 1. The Morgan fingerprint density at radius 3 is 3.00 bits per heavy atom. The molecule has 1 saturated carbocycles. The molecule has 1 atom stereocenters. The van der Waals surface area contributed by atoms with Crippen LogP contribution in [0.25, 0.3) is 0 Å². The van der Waals surface area contributed by atoms with Gasteiger partial charge in [-0.3, -0.25) is 4.68 Å². The molecule has 14 heavy (non-hydrogen) atoms. The van der Waals surface area contributed by atoms with E-state index in [0.29, 0.717) is 5.92 Å². The summed E-state index contributed by atoms with van der Waals surface area (Å²) in [6.07, 6.45) is 4.61. The second-order valence-corrected chi connectivity index (χ2v) is 4.44. The van der Waals surface area contributed by atoms with Crippen molar-refractivity contribution >= 4 is 0 Å². The molecule has 1 fully saturated rings. The van der Waals surface area contributed by atoms with E-state index in [1.54, 1.807) is 0 Å². The van der Waals surface area contributed by atoms with Gasteiger partial charge in [-0.15, -0.1) is 0 Å². The van der Waals surface area contributed by atoms with Crippen molar-refractivity contribution in [3.63, 3.8) is 0 Å². The summed E-state index contributed by atoms with van der Waals surface area (Å²) in [5.41, 5.74) is 1.25. The van der Waals surface area contributed by atoms with Crippen LogP contribution < -0.4 is 5.32 Å². The van der Waals surface area contributed by atoms with Crippen LogP contribution in [0.15, 0.2) is 12.3 Å². The molecular formula is C11H19N3. The molecule has 1 heterocycles. The molecule has 0 bridgehead atoms. The minimum absolute atomic E-state index is 0.661. The fourth-order valence-electron chi connectivity index (χ4n) is 1.60. The summed E-state index contributed by atoms with van der Waals surface area (Å²) in [5, 5.41) is 7.83. The first-order chi connectivity index (χ1) is 6.75. The van der Waals surface area contributed by atoms with Gasteiger partial charge < -0.3 is 5.32 Å². The van der Waals surface area contributed by atoms with E-state index >= 15 is 0 Å². The smallest absolute Gasteiger partial charge is 0.0492 e. The normalized spacial score (nSPS) is 18.4. The Hall–Kier alpha value is -0.830. The van der Waals surface area contributed by atoms with Crippen LogP contribution in [-0.4, -0.2) is 22.4 Å². The van der Waals surface area contributed by atoms with Gasteiger partial charge in [0.1, 0.15) is 0 Å². The zero-order valence-electron chi connectivity index (χ0n) is 9.03. The van der Waals surface area contributed by atoms with Gasteiger partial charge in [0, 0.05) is 24.5 Å². The molecule has 1 N–H and O–H groups in total. The van der Waals surface area contributed by atoms with Crippen molar-refractivity contribution < 1.29 is 0 Å². The molecule has 3 nitrogen and oxygen atoms in total. The van der Waals surface area contributed by atoms with E-state index in [1.807, 2.05) is 6.20 Å². The highest BCUT2D eigenvalue weighted by atomic mass is 15.3. The Bertz CT molecular complexity index is 288. The van der Waals surface area contributed by atoms with Crippen LogP contribution in [0.1, 0.15) is 25.5 Å². The first-order valence-corrected chi connectivity index (χ1v) is 5.47. The van der Waals surface area contributed by atoms with Gasteiger partial charge in [0.25, 0.3) is 0 Å². The summed E-state index contributed by atoms with van der Waals surface area (Å²) < 4.78 is 2.08. The maximum atomic E-state index is 4.29. The summed E-state index contributed by atoms with van der Waals surface area (Å²) in [6, 6.07) is 2.87. The zero-order valence-corrected chi connectivity index (χ0v) is 9.03. The molecule has 1 aliphatic rings. The quantitative estimate of drug-likeness (QED) is 0.769. The Balaban J connectivity index is 1.75. The molecule has 1 aromatic heterocycles. The van der Waals surface area contributed by atoms with Crippen LogP contribution in [0.2, 0.25) is 0 Å². The zero-order chi connectivity index (χ0) is 9.97. The predicted octanol–water partition coefficient (Wildman–Crippen LogP) is 1.58. The molecule has 0 saturated heterocycles. The molecule has 0 aliphatic heterocycles. The average Bonchev–Trinajstić information content (AvgIpc) is 2.90. The third kappa shape index (κ3) is 2.58. The van der Waals surface area contributed by atoms with Crippen LogP contribution in [0.5, 0.6) is 0 Å². The maximum Gasteiger partial charge on any atom is 0.0492 e. The fraction of sp³-hybridized carbons (Fsp3) is 0.727. The van der Waals surface area contributed by atoms with Crippen molar-refractivity contribution in [1.29, 1.82) is 0 Å². The molecule has 2 rings (SSSR count). The number of hydrogen-bond donors (Lipinski definition) is 1. The Labute approximate surface area is 85.5 Å². The molecule has 0 amide bonds. The van der Waals surface area contributed by atoms with Crippen LogP contribution in [0.3, 0.4) is 0 Å². The van der Waals surface area contributed by atoms with E-state index in [-0.39, 0.29) is 0 Å². The number of nitrogens with one attached hydrogen (secondary N) is 1. The van der Waals surface area contributed by atoms with Crippen molar-refractivity contribution in [2.24, 2.45) is 5.92 Å². The third-order valence-electron chi connectivity index (χ3n) is 2.75. The van der Waals surface area contributed by atoms with Crippen LogP contribution in [0.4, 0.5) is 0 Å². The molecule has 1 aliphatic carbocycles. The summed E-state index contributed by atoms with van der Waals surface area (Å²) in [6.45, 7) is 6.52. The highest BCUT2D eigenvalue weighted by molar-refractivity contribution is 4.96. The molecule has 0 aromatic carbocycles. The van der Waals surface area contributed by atoms with Crippen LogP contribution in [-0.2, 0) is 6.54 Å². The van der Waals surface area contributed by atoms with Gasteiger partial charge in [-0.2, -0.15) is 5.10 Å². The summed E-state index contributed by atoms with van der Waals surface area (Å²) in [4.78, 5) is 0. The minimum atomic E-state index is 0.661. The van der Waals surface area contributed by atoms with Crippen molar-refractivity contribution in [3.05, 3.63) is 18.0 Å². The molecule has 0 spiro atoms. The van der Waals surface area contributed by atoms with E-state index in [1.165, 1.54) is 18.5 Å². The lowest BCUT2D eigenvalue weighted by molar-refractivity contribution is 0.416. The van der Waals surface area contributed by atoms with E-state index < -0.39 is 0 Å². The van der Waals surface area contributed by atoms with Gasteiger partial charge in [0.15, 0.2) is 0 Å². The molecule has 78 valence electrons. The number of hydrogen-bond acceptors (Lipinski definition) is 2. The van der Waals surface area contributed by atoms with Crippen molar-refractivity contribution in [2.75, 3.05) is 6.54 Å². The van der Waals surface area contributed by atoms with Crippen molar-refractivity contribution in [2.45, 2.75) is 39.3 Å². The van der Waals surface area contributed by atoms with Gasteiger partial charge in [0.2, 0.25) is 0 Å². The lowest BCUT2D eigenvalue weighted by Gasteiger charge is -2.13. The maximum absolute atomic E-state index is 4.29. The molecule has 1 unspecified atom stereocenters. The van der Waals surface area contributed by atoms with Gasteiger partial charge in [-0.05, 0) is 38.3 Å². The largest absolute Gasteiger partial charge is 0.314 e. The Morgan fingerprint density at radius 2 is 2.43 bits per heavy atom. The third-order valence-corrected chi connectivity index (χ3v) is 2.75. The van der Waals surface area contributed by atoms with Gasteiger partial charge in [-0.1, -0.05) is 6.92 Å². The first kappa shape index (κ1) is 9.71. The second-order valence-electron chi connectivity index (χ2n) is 4.44. The summed E-state index contributed by atoms with van der Waals surface area (Å²) in [5.74, 6) is 0.661. The fourth-order valence-corrected chi connectivity index (χ4v) is 1.60. The highest BCUT2D eigenvalue weighted by Gasteiger charge is 2.20. The van der Waals surface area contributed by atoms with E-state index in [2.05, 4.69) is 35.0 Å². The van der Waals surface area contributed by atoms with Crippen LogP contribution in [0, 0.1) is 12.8 Å². The van der Waals surface area contributed by atoms with Crippen LogP contribution >= 0.6 is 0 Å². The van der Waals surface area contributed by atoms with E-state index in [0.717, 1.165) is 19.1 Å². The lowest BCUT2D eigenvalue weighted by Crippen LogP contribution is -2.26. The molecule has 3 heteroatoms. The minimum Gasteiger partial charge on any atom is -0.314 e. The Kier molecular flexibility index (Phi) is 2.87. The number of aromatic nitrogens is 2. The van der Waals surface area contributed by atoms with Gasteiger partial charge >= 0.3 is 0 Å². The van der Waals surface area contributed by atoms with Crippen molar-refractivity contribution in [3.8, 4) is 0 Å². The number of rotatable bonds is 5. The first-order valence-electron chi connectivity index (χ1n) is 5.47. The average molecular weight is 193 g/mol. The standard InChI is InChI=1S/C11H19N3/c1-9(7-12-11-3-4-11)8-14-10(2)5-6-13-14/h5-6,9,11-12H,3-4,7-8H2,1-2H3. The Morgan fingerprint density at radius 1 is 1.64 bits per heavy atom. The highest BCUT2D eigenvalue weighted by Crippen LogP contribution is 2.18. The molecule has 0 radical (unpaired) electrons. The van der Waals surface area contributed by atoms with E-state index in [9.17, 15) is 0 Å². The molecule has 1 aromatic rings. The SMILES string of the molecule is Cc1ccnn1CC(C)CNC1CC1.